The number of hydrogen-bond acceptors (Lipinski definition) is 2. The van der Waals surface area contributed by atoms with Crippen LogP contribution in [-0.4, -0.2) is 17.9 Å². The number of rotatable bonds is 3. The standard InChI is InChI=1S/C14H19FN4O/c15-10-7-4-8-11(12(10)13(16)17)19-14(20)18-9-5-2-1-3-6-9/h4,7-9H,1-3,5-6H2,(H3,16,17)(H2,18,19,20). The van der Waals surface area contributed by atoms with E-state index in [4.69, 9.17) is 11.1 Å². The van der Waals surface area contributed by atoms with Gasteiger partial charge in [0.05, 0.1) is 11.3 Å². The normalized spacial score (nSPS) is 15.7. The zero-order valence-corrected chi connectivity index (χ0v) is 11.2. The number of hydrogen-bond donors (Lipinski definition) is 4. The summed E-state index contributed by atoms with van der Waals surface area (Å²) in [4.78, 5) is 11.9. The van der Waals surface area contributed by atoms with Gasteiger partial charge >= 0.3 is 6.03 Å². The fraction of sp³-hybridized carbons (Fsp3) is 0.429. The van der Waals surface area contributed by atoms with E-state index in [9.17, 15) is 9.18 Å². The minimum atomic E-state index is -0.618. The molecule has 0 unspecified atom stereocenters. The summed E-state index contributed by atoms with van der Waals surface area (Å²) in [5.74, 6) is -1.02. The number of urea groups is 1. The molecule has 108 valence electrons. The van der Waals surface area contributed by atoms with Gasteiger partial charge in [-0.3, -0.25) is 5.41 Å². The van der Waals surface area contributed by atoms with Crippen molar-refractivity contribution >= 4 is 17.6 Å². The van der Waals surface area contributed by atoms with E-state index < -0.39 is 11.7 Å². The van der Waals surface area contributed by atoms with E-state index in [2.05, 4.69) is 10.6 Å². The minimum absolute atomic E-state index is 0.0775. The van der Waals surface area contributed by atoms with E-state index in [-0.39, 0.29) is 23.3 Å². The maximum atomic E-state index is 13.6. The van der Waals surface area contributed by atoms with Crippen molar-refractivity contribution in [3.63, 3.8) is 0 Å². The molecule has 0 heterocycles. The summed E-state index contributed by atoms with van der Waals surface area (Å²) >= 11 is 0. The van der Waals surface area contributed by atoms with Crippen molar-refractivity contribution in [2.45, 2.75) is 38.1 Å². The molecule has 1 aromatic rings. The Morgan fingerprint density at radius 3 is 2.65 bits per heavy atom. The van der Waals surface area contributed by atoms with Crippen molar-refractivity contribution < 1.29 is 9.18 Å². The molecular weight excluding hydrogens is 259 g/mol. The zero-order valence-electron chi connectivity index (χ0n) is 11.2. The third-order valence-corrected chi connectivity index (χ3v) is 3.47. The predicted molar refractivity (Wildman–Crippen MR) is 76.4 cm³/mol. The first kappa shape index (κ1) is 14.3. The second kappa shape index (κ2) is 6.36. The topological polar surface area (TPSA) is 91.0 Å². The van der Waals surface area contributed by atoms with E-state index in [0.717, 1.165) is 25.7 Å². The molecule has 0 saturated heterocycles. The van der Waals surface area contributed by atoms with Gasteiger partial charge in [-0.05, 0) is 25.0 Å². The maximum Gasteiger partial charge on any atom is 0.319 e. The number of carbonyl (C=O) groups is 1. The Labute approximate surface area is 117 Å². The SMILES string of the molecule is N=C(N)c1c(F)cccc1NC(=O)NC1CCCCC1. The smallest absolute Gasteiger partial charge is 0.319 e. The highest BCUT2D eigenvalue weighted by Gasteiger charge is 2.17. The van der Waals surface area contributed by atoms with E-state index >= 15 is 0 Å². The first-order valence-corrected chi connectivity index (χ1v) is 6.78. The van der Waals surface area contributed by atoms with Crippen LogP contribution in [-0.2, 0) is 0 Å². The van der Waals surface area contributed by atoms with Gasteiger partial charge in [0.1, 0.15) is 11.7 Å². The van der Waals surface area contributed by atoms with Gasteiger partial charge in [-0.15, -0.1) is 0 Å². The van der Waals surface area contributed by atoms with Gasteiger partial charge in [0.2, 0.25) is 0 Å². The highest BCUT2D eigenvalue weighted by atomic mass is 19.1. The Kier molecular flexibility index (Phi) is 4.55. The highest BCUT2D eigenvalue weighted by Crippen LogP contribution is 2.20. The average Bonchev–Trinajstić information content (AvgIpc) is 2.39. The summed E-state index contributed by atoms with van der Waals surface area (Å²) in [5, 5.41) is 12.8. The first-order chi connectivity index (χ1) is 9.58. The molecule has 0 spiro atoms. The lowest BCUT2D eigenvalue weighted by molar-refractivity contribution is 0.244. The number of halogens is 1. The van der Waals surface area contributed by atoms with Crippen LogP contribution in [0.15, 0.2) is 18.2 Å². The van der Waals surface area contributed by atoms with Crippen LogP contribution in [0.4, 0.5) is 14.9 Å². The second-order valence-electron chi connectivity index (χ2n) is 5.01. The third-order valence-electron chi connectivity index (χ3n) is 3.47. The van der Waals surface area contributed by atoms with Crippen LogP contribution in [0.2, 0.25) is 0 Å². The molecule has 1 fully saturated rings. The van der Waals surface area contributed by atoms with Crippen LogP contribution >= 0.6 is 0 Å². The first-order valence-electron chi connectivity index (χ1n) is 6.78. The van der Waals surface area contributed by atoms with Crippen molar-refractivity contribution in [3.05, 3.63) is 29.6 Å². The van der Waals surface area contributed by atoms with E-state index in [1.54, 1.807) is 0 Å². The molecule has 2 rings (SSSR count). The van der Waals surface area contributed by atoms with E-state index in [1.165, 1.54) is 24.6 Å². The van der Waals surface area contributed by atoms with Crippen LogP contribution in [0.5, 0.6) is 0 Å². The highest BCUT2D eigenvalue weighted by molar-refractivity contribution is 6.04. The molecule has 0 bridgehead atoms. The van der Waals surface area contributed by atoms with Crippen molar-refractivity contribution in [1.82, 2.24) is 5.32 Å². The number of nitrogens with one attached hydrogen (secondary N) is 3. The minimum Gasteiger partial charge on any atom is -0.384 e. The van der Waals surface area contributed by atoms with Crippen molar-refractivity contribution in [1.29, 1.82) is 5.41 Å². The monoisotopic (exact) mass is 278 g/mol. The molecule has 0 atom stereocenters. The summed E-state index contributed by atoms with van der Waals surface area (Å²) in [7, 11) is 0. The Morgan fingerprint density at radius 1 is 1.30 bits per heavy atom. The number of benzene rings is 1. The van der Waals surface area contributed by atoms with Crippen LogP contribution in [0.25, 0.3) is 0 Å². The second-order valence-corrected chi connectivity index (χ2v) is 5.01. The third kappa shape index (κ3) is 3.46. The molecule has 1 aliphatic rings. The fourth-order valence-corrected chi connectivity index (χ4v) is 2.49. The molecule has 5 N–H and O–H groups in total. The number of carbonyl (C=O) groups excluding carboxylic acids is 1. The summed E-state index contributed by atoms with van der Waals surface area (Å²) in [6, 6.07) is 3.99. The van der Waals surface area contributed by atoms with Crippen LogP contribution in [0.1, 0.15) is 37.7 Å². The largest absolute Gasteiger partial charge is 0.384 e. The van der Waals surface area contributed by atoms with Crippen LogP contribution in [0.3, 0.4) is 0 Å². The van der Waals surface area contributed by atoms with Gasteiger partial charge in [0.25, 0.3) is 0 Å². The molecule has 1 aliphatic carbocycles. The van der Waals surface area contributed by atoms with Crippen molar-refractivity contribution in [2.24, 2.45) is 5.73 Å². The van der Waals surface area contributed by atoms with Crippen molar-refractivity contribution in [2.75, 3.05) is 5.32 Å². The average molecular weight is 278 g/mol. The van der Waals surface area contributed by atoms with Gasteiger partial charge in [0.15, 0.2) is 0 Å². The zero-order chi connectivity index (χ0) is 14.5. The number of amidine groups is 1. The molecule has 5 nitrogen and oxygen atoms in total. The lowest BCUT2D eigenvalue weighted by atomic mass is 9.96. The Bertz CT molecular complexity index is 512. The lowest BCUT2D eigenvalue weighted by Gasteiger charge is -2.23. The van der Waals surface area contributed by atoms with E-state index in [0.29, 0.717) is 0 Å². The maximum absolute atomic E-state index is 13.6. The summed E-state index contributed by atoms with van der Waals surface area (Å²) < 4.78 is 13.6. The fourth-order valence-electron chi connectivity index (χ4n) is 2.49. The molecule has 0 aromatic heterocycles. The predicted octanol–water partition coefficient (Wildman–Crippen LogP) is 2.56. The van der Waals surface area contributed by atoms with Crippen LogP contribution in [0, 0.1) is 11.2 Å². The van der Waals surface area contributed by atoms with Gasteiger partial charge < -0.3 is 16.4 Å². The Balaban J connectivity index is 2.04. The quantitative estimate of drug-likeness (QED) is 0.505. The van der Waals surface area contributed by atoms with Crippen LogP contribution < -0.4 is 16.4 Å². The summed E-state index contributed by atoms with van der Waals surface area (Å²) in [6.45, 7) is 0. The number of nitrogens with two attached hydrogens (primary N) is 1. The molecule has 0 radical (unpaired) electrons. The van der Waals surface area contributed by atoms with Gasteiger partial charge in [-0.2, -0.15) is 0 Å². The molecule has 1 saturated carbocycles. The number of nitrogen functional groups attached to an aromatic ring is 1. The van der Waals surface area contributed by atoms with Gasteiger partial charge in [0, 0.05) is 6.04 Å². The molecule has 0 aliphatic heterocycles. The molecule has 20 heavy (non-hydrogen) atoms. The lowest BCUT2D eigenvalue weighted by Crippen LogP contribution is -2.39. The number of amides is 2. The molecule has 2 amide bonds. The summed E-state index contributed by atoms with van der Waals surface area (Å²) in [5.41, 5.74) is 5.48. The summed E-state index contributed by atoms with van der Waals surface area (Å²) in [6.07, 6.45) is 5.37. The Hall–Kier alpha value is -2.11. The molecule has 1 aromatic carbocycles. The number of anilines is 1. The molecule has 6 heteroatoms. The Morgan fingerprint density at radius 2 is 2.00 bits per heavy atom. The van der Waals surface area contributed by atoms with Crippen molar-refractivity contribution in [3.8, 4) is 0 Å². The van der Waals surface area contributed by atoms with Gasteiger partial charge in [-0.25, -0.2) is 9.18 Å². The molecular formula is C14H19FN4O. The van der Waals surface area contributed by atoms with Gasteiger partial charge in [-0.1, -0.05) is 25.3 Å². The van der Waals surface area contributed by atoms with E-state index in [1.807, 2.05) is 0 Å².